The fraction of sp³-hybridized carbons (Fsp3) is 0. The van der Waals surface area contributed by atoms with Gasteiger partial charge in [0, 0.05) is 5.56 Å². The van der Waals surface area contributed by atoms with Crippen molar-refractivity contribution in [3.8, 4) is 22.6 Å². The highest BCUT2D eigenvalue weighted by molar-refractivity contribution is 6.14. The summed E-state index contributed by atoms with van der Waals surface area (Å²) < 4.78 is 6.22. The zero-order valence-corrected chi connectivity index (χ0v) is 15.7. The lowest BCUT2D eigenvalue weighted by molar-refractivity contribution is 0.103. The van der Waals surface area contributed by atoms with Gasteiger partial charge < -0.3 is 16.2 Å². The molecular weight excluding hydrogens is 360 g/mol. The van der Waals surface area contributed by atoms with E-state index in [1.54, 1.807) is 18.2 Å². The molecule has 4 nitrogen and oxygen atoms in total. The Bertz CT molecular complexity index is 1140. The Morgan fingerprint density at radius 2 is 1.28 bits per heavy atom. The zero-order chi connectivity index (χ0) is 20.2. The molecule has 4 rings (SSSR count). The second kappa shape index (κ2) is 7.90. The fourth-order valence-electron chi connectivity index (χ4n) is 3.22. The molecule has 142 valence electrons. The summed E-state index contributed by atoms with van der Waals surface area (Å²) in [5.41, 5.74) is 15.6. The molecule has 0 bridgehead atoms. The number of anilines is 2. The van der Waals surface area contributed by atoms with Crippen molar-refractivity contribution in [2.75, 3.05) is 11.5 Å². The van der Waals surface area contributed by atoms with Crippen molar-refractivity contribution < 1.29 is 9.53 Å². The lowest BCUT2D eigenvalue weighted by atomic mass is 9.94. The molecule has 0 aliphatic carbocycles. The first-order chi connectivity index (χ1) is 14.1. The van der Waals surface area contributed by atoms with Gasteiger partial charge in [-0.3, -0.25) is 4.79 Å². The van der Waals surface area contributed by atoms with Crippen molar-refractivity contribution in [2.45, 2.75) is 0 Å². The summed E-state index contributed by atoms with van der Waals surface area (Å²) in [6.45, 7) is 0. The molecule has 0 saturated heterocycles. The van der Waals surface area contributed by atoms with E-state index in [1.807, 2.05) is 78.9 Å². The zero-order valence-electron chi connectivity index (χ0n) is 15.7. The van der Waals surface area contributed by atoms with Gasteiger partial charge in [0.25, 0.3) is 0 Å². The predicted octanol–water partition coefficient (Wildman–Crippen LogP) is 5.54. The number of nitrogen functional groups attached to an aromatic ring is 2. The predicted molar refractivity (Wildman–Crippen MR) is 117 cm³/mol. The van der Waals surface area contributed by atoms with Crippen LogP contribution in [-0.2, 0) is 0 Å². The lowest BCUT2D eigenvalue weighted by Gasteiger charge is -2.19. The highest BCUT2D eigenvalue weighted by atomic mass is 16.5. The van der Waals surface area contributed by atoms with Crippen molar-refractivity contribution in [3.05, 3.63) is 108 Å². The van der Waals surface area contributed by atoms with E-state index >= 15 is 0 Å². The number of carbonyl (C=O) groups is 1. The van der Waals surface area contributed by atoms with Crippen molar-refractivity contribution in [1.29, 1.82) is 0 Å². The molecule has 0 unspecified atom stereocenters. The first-order valence-corrected chi connectivity index (χ1v) is 9.25. The van der Waals surface area contributed by atoms with Crippen molar-refractivity contribution >= 4 is 17.2 Å². The van der Waals surface area contributed by atoms with Gasteiger partial charge in [0.1, 0.15) is 11.5 Å². The topological polar surface area (TPSA) is 78.3 Å². The number of carbonyl (C=O) groups excluding carboxylic acids is 1. The number of para-hydroxylation sites is 1. The van der Waals surface area contributed by atoms with Gasteiger partial charge in [-0.2, -0.15) is 0 Å². The molecular formula is C25H20N2O2. The molecule has 0 atom stereocenters. The molecule has 0 spiro atoms. The van der Waals surface area contributed by atoms with Gasteiger partial charge in [-0.1, -0.05) is 78.9 Å². The molecule has 0 amide bonds. The van der Waals surface area contributed by atoms with Gasteiger partial charge in [0.2, 0.25) is 0 Å². The standard InChI is InChI=1S/C25H20N2O2/c26-21-16-20(24(28)18-12-6-2-7-13-18)25(29-19-14-8-3-9-15-19)22(23(21)27)17-10-4-1-5-11-17/h1-16H,26-27H2. The summed E-state index contributed by atoms with van der Waals surface area (Å²) in [6.07, 6.45) is 0. The maximum atomic E-state index is 13.3. The van der Waals surface area contributed by atoms with Gasteiger partial charge in [-0.05, 0) is 23.8 Å². The molecule has 0 aliphatic heterocycles. The van der Waals surface area contributed by atoms with Gasteiger partial charge >= 0.3 is 0 Å². The molecule has 4 heteroatoms. The maximum absolute atomic E-state index is 13.3. The molecule has 0 heterocycles. The fourth-order valence-corrected chi connectivity index (χ4v) is 3.22. The molecule has 0 radical (unpaired) electrons. The molecule has 0 fully saturated rings. The van der Waals surface area contributed by atoms with Crippen LogP contribution < -0.4 is 16.2 Å². The Labute approximate surface area is 169 Å². The molecule has 4 N–H and O–H groups in total. The number of benzene rings is 4. The first kappa shape index (κ1) is 18.3. The number of hydrogen-bond acceptors (Lipinski definition) is 4. The quantitative estimate of drug-likeness (QED) is 0.352. The highest BCUT2D eigenvalue weighted by Gasteiger charge is 2.23. The van der Waals surface area contributed by atoms with E-state index in [2.05, 4.69) is 0 Å². The summed E-state index contributed by atoms with van der Waals surface area (Å²) in [4.78, 5) is 13.3. The van der Waals surface area contributed by atoms with Crippen molar-refractivity contribution in [1.82, 2.24) is 0 Å². The monoisotopic (exact) mass is 380 g/mol. The van der Waals surface area contributed by atoms with Crippen molar-refractivity contribution in [2.24, 2.45) is 0 Å². The van der Waals surface area contributed by atoms with E-state index in [0.29, 0.717) is 39.6 Å². The molecule has 4 aromatic rings. The largest absolute Gasteiger partial charge is 0.456 e. The Kier molecular flexibility index (Phi) is 4.99. The van der Waals surface area contributed by atoms with Crippen LogP contribution >= 0.6 is 0 Å². The third-order valence-corrected chi connectivity index (χ3v) is 4.66. The van der Waals surface area contributed by atoms with Crippen LogP contribution in [-0.4, -0.2) is 5.78 Å². The average Bonchev–Trinajstić information content (AvgIpc) is 2.78. The van der Waals surface area contributed by atoms with Crippen LogP contribution in [0.15, 0.2) is 97.1 Å². The third-order valence-electron chi connectivity index (χ3n) is 4.66. The summed E-state index contributed by atoms with van der Waals surface area (Å²) in [6, 6.07) is 29.5. The van der Waals surface area contributed by atoms with E-state index in [4.69, 9.17) is 16.2 Å². The Hall–Kier alpha value is -4.05. The van der Waals surface area contributed by atoms with Crippen LogP contribution in [0.4, 0.5) is 11.4 Å². The third kappa shape index (κ3) is 3.69. The second-order valence-electron chi connectivity index (χ2n) is 6.61. The number of rotatable bonds is 5. The van der Waals surface area contributed by atoms with Gasteiger partial charge in [-0.15, -0.1) is 0 Å². The van der Waals surface area contributed by atoms with Crippen LogP contribution in [0.3, 0.4) is 0 Å². The Morgan fingerprint density at radius 3 is 1.90 bits per heavy atom. The molecule has 4 aromatic carbocycles. The number of hydrogen-bond donors (Lipinski definition) is 2. The van der Waals surface area contributed by atoms with Gasteiger partial charge in [-0.25, -0.2) is 0 Å². The van der Waals surface area contributed by atoms with Crippen LogP contribution in [0.1, 0.15) is 15.9 Å². The van der Waals surface area contributed by atoms with E-state index in [1.165, 1.54) is 0 Å². The number of ketones is 1. The minimum atomic E-state index is -0.180. The summed E-state index contributed by atoms with van der Waals surface area (Å²) in [7, 11) is 0. The SMILES string of the molecule is Nc1cc(C(=O)c2ccccc2)c(Oc2ccccc2)c(-c2ccccc2)c1N. The molecule has 0 aliphatic rings. The van der Waals surface area contributed by atoms with Gasteiger partial charge in [0.05, 0.1) is 22.5 Å². The number of nitrogens with two attached hydrogens (primary N) is 2. The van der Waals surface area contributed by atoms with E-state index in [-0.39, 0.29) is 5.78 Å². The number of ether oxygens (including phenoxy) is 1. The minimum Gasteiger partial charge on any atom is -0.456 e. The summed E-state index contributed by atoms with van der Waals surface area (Å²) in [5, 5.41) is 0. The van der Waals surface area contributed by atoms with Crippen molar-refractivity contribution in [3.63, 3.8) is 0 Å². The smallest absolute Gasteiger partial charge is 0.196 e. The first-order valence-electron chi connectivity index (χ1n) is 9.25. The van der Waals surface area contributed by atoms with E-state index < -0.39 is 0 Å². The van der Waals surface area contributed by atoms with Crippen LogP contribution in [0.5, 0.6) is 11.5 Å². The highest BCUT2D eigenvalue weighted by Crippen LogP contribution is 2.44. The van der Waals surface area contributed by atoms with Crippen LogP contribution in [0.2, 0.25) is 0 Å². The van der Waals surface area contributed by atoms with E-state index in [0.717, 1.165) is 5.56 Å². The van der Waals surface area contributed by atoms with Crippen LogP contribution in [0, 0.1) is 0 Å². The molecule has 29 heavy (non-hydrogen) atoms. The maximum Gasteiger partial charge on any atom is 0.196 e. The normalized spacial score (nSPS) is 10.5. The minimum absolute atomic E-state index is 0.180. The van der Waals surface area contributed by atoms with E-state index in [9.17, 15) is 4.79 Å². The van der Waals surface area contributed by atoms with Crippen LogP contribution in [0.25, 0.3) is 11.1 Å². The van der Waals surface area contributed by atoms with Gasteiger partial charge in [0.15, 0.2) is 5.78 Å². The average molecular weight is 380 g/mol. The molecule has 0 saturated carbocycles. The Morgan fingerprint density at radius 1 is 0.724 bits per heavy atom. The molecule has 0 aromatic heterocycles. The summed E-state index contributed by atoms with van der Waals surface area (Å²) >= 11 is 0. The Balaban J connectivity index is 1.97. The lowest BCUT2D eigenvalue weighted by Crippen LogP contribution is -2.09. The summed E-state index contributed by atoms with van der Waals surface area (Å²) in [5.74, 6) is 0.819. The second-order valence-corrected chi connectivity index (χ2v) is 6.61.